The third kappa shape index (κ3) is 3.16. The number of hydrogen-bond acceptors (Lipinski definition) is 3. The molecule has 1 aromatic heterocycles. The highest BCUT2D eigenvalue weighted by atomic mass is 16.1. The molecule has 1 saturated carbocycles. The van der Waals surface area contributed by atoms with E-state index in [-0.39, 0.29) is 0 Å². The number of hydrogen-bond donors (Lipinski definition) is 0. The van der Waals surface area contributed by atoms with E-state index >= 15 is 0 Å². The lowest BCUT2D eigenvalue weighted by atomic mass is 10.0. The number of nitrogens with zero attached hydrogens (tertiary/aromatic N) is 3. The fraction of sp³-hybridized carbons (Fsp3) is 0.692. The van der Waals surface area contributed by atoms with Gasteiger partial charge in [-0.3, -0.25) is 9.69 Å². The van der Waals surface area contributed by atoms with Gasteiger partial charge in [-0.2, -0.15) is 0 Å². The highest BCUT2D eigenvalue weighted by Crippen LogP contribution is 2.25. The first-order valence-corrected chi connectivity index (χ1v) is 6.34. The molecule has 0 amide bonds. The van der Waals surface area contributed by atoms with Gasteiger partial charge >= 0.3 is 0 Å². The highest BCUT2D eigenvalue weighted by molar-refractivity contribution is 5.83. The quantitative estimate of drug-likeness (QED) is 0.778. The van der Waals surface area contributed by atoms with Gasteiger partial charge in [0.2, 0.25) is 0 Å². The molecule has 0 unspecified atom stereocenters. The van der Waals surface area contributed by atoms with E-state index in [1.165, 1.54) is 12.8 Å². The summed E-state index contributed by atoms with van der Waals surface area (Å²) in [6.07, 6.45) is 8.35. The topological polar surface area (TPSA) is 38.1 Å². The van der Waals surface area contributed by atoms with Gasteiger partial charge in [0.25, 0.3) is 0 Å². The summed E-state index contributed by atoms with van der Waals surface area (Å²) in [5.74, 6) is 1.73. The highest BCUT2D eigenvalue weighted by Gasteiger charge is 2.23. The van der Waals surface area contributed by atoms with Gasteiger partial charge in [0.1, 0.15) is 11.6 Å². The van der Waals surface area contributed by atoms with Crippen LogP contribution in [-0.2, 0) is 18.4 Å². The minimum atomic E-state index is 0.318. The summed E-state index contributed by atoms with van der Waals surface area (Å²) in [5.41, 5.74) is 0. The van der Waals surface area contributed by atoms with Crippen molar-refractivity contribution in [3.05, 3.63) is 18.2 Å². The predicted octanol–water partition coefficient (Wildman–Crippen LogP) is 1.61. The minimum absolute atomic E-state index is 0.318. The maximum Gasteiger partial charge on any atom is 0.149 e. The number of aromatic nitrogens is 2. The van der Waals surface area contributed by atoms with Crippen LogP contribution in [0.15, 0.2) is 12.4 Å². The Morgan fingerprint density at radius 2 is 2.24 bits per heavy atom. The maximum absolute atomic E-state index is 12.0. The van der Waals surface area contributed by atoms with E-state index in [1.54, 1.807) is 6.20 Å². The Kier molecular flexibility index (Phi) is 3.94. The van der Waals surface area contributed by atoms with Crippen LogP contribution in [0.5, 0.6) is 0 Å². The summed E-state index contributed by atoms with van der Waals surface area (Å²) in [5, 5.41) is 0. The maximum atomic E-state index is 12.0. The van der Waals surface area contributed by atoms with Crippen LogP contribution >= 0.6 is 0 Å². The number of carbonyl (C=O) groups is 1. The van der Waals surface area contributed by atoms with Crippen molar-refractivity contribution in [3.8, 4) is 0 Å². The van der Waals surface area contributed by atoms with Crippen LogP contribution in [-0.4, -0.2) is 33.8 Å². The molecule has 94 valence electrons. The fourth-order valence-corrected chi connectivity index (χ4v) is 2.49. The Bertz CT molecular complexity index is 380. The Morgan fingerprint density at radius 3 is 2.82 bits per heavy atom. The van der Waals surface area contributed by atoms with Crippen LogP contribution in [0.25, 0.3) is 0 Å². The van der Waals surface area contributed by atoms with E-state index in [0.29, 0.717) is 18.2 Å². The van der Waals surface area contributed by atoms with Gasteiger partial charge in [-0.05, 0) is 19.9 Å². The van der Waals surface area contributed by atoms with Crippen LogP contribution in [0.3, 0.4) is 0 Å². The normalized spacial score (nSPS) is 16.9. The zero-order valence-electron chi connectivity index (χ0n) is 10.7. The van der Waals surface area contributed by atoms with Crippen molar-refractivity contribution < 1.29 is 4.79 Å². The lowest BCUT2D eigenvalue weighted by molar-refractivity contribution is -0.123. The molecule has 0 radical (unpaired) electrons. The molecule has 1 heterocycles. The molecule has 0 N–H and O–H groups in total. The van der Waals surface area contributed by atoms with E-state index < -0.39 is 0 Å². The van der Waals surface area contributed by atoms with Crippen LogP contribution in [0.1, 0.15) is 31.5 Å². The number of carbonyl (C=O) groups excluding carboxylic acids is 1. The molecule has 0 spiro atoms. The summed E-state index contributed by atoms with van der Waals surface area (Å²) in [6.45, 7) is 1.29. The first-order chi connectivity index (χ1) is 8.16. The number of imidazole rings is 1. The van der Waals surface area contributed by atoms with Crippen molar-refractivity contribution in [1.29, 1.82) is 0 Å². The molecule has 0 aliphatic heterocycles. The standard InChI is InChI=1S/C13H21N3O/c1-15(10-13-14-7-8-16(13)2)9-12(17)11-5-3-4-6-11/h7-8,11H,3-6,9-10H2,1-2H3. The molecule has 17 heavy (non-hydrogen) atoms. The van der Waals surface area contributed by atoms with Crippen LogP contribution < -0.4 is 0 Å². The molecule has 1 aromatic rings. The average Bonchev–Trinajstić information content (AvgIpc) is 2.90. The van der Waals surface area contributed by atoms with Gasteiger partial charge in [-0.15, -0.1) is 0 Å². The second-order valence-corrected chi connectivity index (χ2v) is 5.07. The molecule has 1 aliphatic carbocycles. The summed E-state index contributed by atoms with van der Waals surface area (Å²) < 4.78 is 2.00. The molecule has 0 bridgehead atoms. The SMILES string of the molecule is CN(CC(=O)C1CCCC1)Cc1nccn1C. The monoisotopic (exact) mass is 235 g/mol. The molecule has 0 aromatic carbocycles. The largest absolute Gasteiger partial charge is 0.337 e. The summed E-state index contributed by atoms with van der Waals surface area (Å²) in [4.78, 5) is 18.3. The van der Waals surface area contributed by atoms with Gasteiger partial charge < -0.3 is 4.57 Å². The van der Waals surface area contributed by atoms with E-state index in [2.05, 4.69) is 9.88 Å². The Hall–Kier alpha value is -1.16. The third-order valence-corrected chi connectivity index (χ3v) is 3.57. The molecule has 1 fully saturated rings. The number of rotatable bonds is 5. The number of Topliss-reactive ketones (excluding diaryl/α,β-unsaturated/α-hetero) is 1. The molecule has 0 saturated heterocycles. The van der Waals surface area contributed by atoms with E-state index in [1.807, 2.05) is 24.9 Å². The first-order valence-electron chi connectivity index (χ1n) is 6.34. The van der Waals surface area contributed by atoms with Crippen molar-refractivity contribution in [2.75, 3.05) is 13.6 Å². The molecular formula is C13H21N3O. The number of aryl methyl sites for hydroxylation is 1. The molecular weight excluding hydrogens is 214 g/mol. The van der Waals surface area contributed by atoms with Crippen LogP contribution in [0.4, 0.5) is 0 Å². The van der Waals surface area contributed by atoms with Crippen molar-refractivity contribution in [2.24, 2.45) is 13.0 Å². The Labute approximate surface area is 103 Å². The second kappa shape index (κ2) is 5.45. The summed E-state index contributed by atoms with van der Waals surface area (Å²) >= 11 is 0. The van der Waals surface area contributed by atoms with E-state index in [9.17, 15) is 4.79 Å². The van der Waals surface area contributed by atoms with Gasteiger partial charge in [-0.1, -0.05) is 12.8 Å². The molecule has 4 nitrogen and oxygen atoms in total. The number of ketones is 1. The number of likely N-dealkylation sites (N-methyl/N-ethyl adjacent to an activating group) is 1. The average molecular weight is 235 g/mol. The molecule has 2 rings (SSSR count). The molecule has 1 aliphatic rings. The zero-order chi connectivity index (χ0) is 12.3. The van der Waals surface area contributed by atoms with Gasteiger partial charge in [0, 0.05) is 25.4 Å². The van der Waals surface area contributed by atoms with Crippen molar-refractivity contribution in [2.45, 2.75) is 32.2 Å². The van der Waals surface area contributed by atoms with Crippen molar-refractivity contribution >= 4 is 5.78 Å². The molecule has 0 atom stereocenters. The van der Waals surface area contributed by atoms with E-state index in [0.717, 1.165) is 25.2 Å². The lowest BCUT2D eigenvalue weighted by Gasteiger charge is -2.17. The van der Waals surface area contributed by atoms with Crippen molar-refractivity contribution in [3.63, 3.8) is 0 Å². The summed E-state index contributed by atoms with van der Waals surface area (Å²) in [7, 11) is 3.97. The first kappa shape index (κ1) is 12.3. The van der Waals surface area contributed by atoms with Crippen LogP contribution in [0.2, 0.25) is 0 Å². The molecule has 4 heteroatoms. The minimum Gasteiger partial charge on any atom is -0.337 e. The second-order valence-electron chi connectivity index (χ2n) is 5.07. The Balaban J connectivity index is 1.82. The fourth-order valence-electron chi connectivity index (χ4n) is 2.49. The summed E-state index contributed by atoms with van der Waals surface area (Å²) in [6, 6.07) is 0. The third-order valence-electron chi connectivity index (χ3n) is 3.57. The van der Waals surface area contributed by atoms with E-state index in [4.69, 9.17) is 0 Å². The zero-order valence-corrected chi connectivity index (χ0v) is 10.7. The lowest BCUT2D eigenvalue weighted by Crippen LogP contribution is -2.30. The van der Waals surface area contributed by atoms with Gasteiger partial charge in [-0.25, -0.2) is 4.98 Å². The Morgan fingerprint density at radius 1 is 1.53 bits per heavy atom. The van der Waals surface area contributed by atoms with Crippen LogP contribution in [0, 0.1) is 5.92 Å². The van der Waals surface area contributed by atoms with Gasteiger partial charge in [0.15, 0.2) is 0 Å². The van der Waals surface area contributed by atoms with Gasteiger partial charge in [0.05, 0.1) is 13.1 Å². The van der Waals surface area contributed by atoms with Crippen molar-refractivity contribution in [1.82, 2.24) is 14.5 Å². The predicted molar refractivity (Wildman–Crippen MR) is 66.5 cm³/mol. The smallest absolute Gasteiger partial charge is 0.149 e.